The zero-order chi connectivity index (χ0) is 13.7. The van der Waals surface area contributed by atoms with Crippen molar-refractivity contribution in [2.75, 3.05) is 0 Å². The number of hydrogen-bond acceptors (Lipinski definition) is 4. The molecule has 7 nitrogen and oxygen atoms in total. The van der Waals surface area contributed by atoms with E-state index in [0.29, 0.717) is 5.56 Å². The molecule has 2 N–H and O–H groups in total. The Hall–Kier alpha value is -2.70. The summed E-state index contributed by atoms with van der Waals surface area (Å²) in [4.78, 5) is 26.6. The molecule has 0 aliphatic heterocycles. The zero-order valence-corrected chi connectivity index (χ0v) is 9.93. The third-order valence-corrected chi connectivity index (χ3v) is 2.46. The highest BCUT2D eigenvalue weighted by atomic mass is 16.4. The lowest BCUT2D eigenvalue weighted by atomic mass is 10.1. The summed E-state index contributed by atoms with van der Waals surface area (Å²) in [5.41, 5.74) is 0.516. The fourth-order valence-electron chi connectivity index (χ4n) is 1.60. The fourth-order valence-corrected chi connectivity index (χ4v) is 1.60. The number of aromatic nitrogens is 3. The summed E-state index contributed by atoms with van der Waals surface area (Å²) in [6.45, 7) is -0.0728. The zero-order valence-electron chi connectivity index (χ0n) is 9.93. The van der Waals surface area contributed by atoms with E-state index < -0.39 is 17.9 Å². The Morgan fingerprint density at radius 3 is 2.63 bits per heavy atom. The minimum atomic E-state index is -1.11. The number of carboxylic acids is 1. The molecule has 0 saturated heterocycles. The van der Waals surface area contributed by atoms with Crippen LogP contribution in [0.4, 0.5) is 0 Å². The fraction of sp³-hybridized carbons (Fsp3) is 0.167. The maximum Gasteiger partial charge on any atom is 0.330 e. The van der Waals surface area contributed by atoms with Crippen molar-refractivity contribution in [3.8, 4) is 0 Å². The van der Waals surface area contributed by atoms with Crippen molar-refractivity contribution in [2.24, 2.45) is 0 Å². The van der Waals surface area contributed by atoms with E-state index in [9.17, 15) is 9.59 Å². The lowest BCUT2D eigenvalue weighted by Crippen LogP contribution is -2.35. The molecule has 1 aromatic heterocycles. The van der Waals surface area contributed by atoms with E-state index in [4.69, 9.17) is 5.11 Å². The number of aliphatic carboxylic acids is 1. The number of carbonyl (C=O) groups excluding carboxylic acids is 1. The Kier molecular flexibility index (Phi) is 3.87. The number of carboxylic acid groups (broad SMARTS) is 1. The number of carbonyl (C=O) groups is 2. The van der Waals surface area contributed by atoms with Crippen molar-refractivity contribution in [3.05, 3.63) is 48.5 Å². The summed E-state index contributed by atoms with van der Waals surface area (Å²) in [5.74, 6) is -1.56. The summed E-state index contributed by atoms with van der Waals surface area (Å²) in [5, 5.41) is 15.4. The van der Waals surface area contributed by atoms with E-state index in [1.54, 1.807) is 30.3 Å². The van der Waals surface area contributed by atoms with Gasteiger partial charge in [0.2, 0.25) is 5.91 Å². The van der Waals surface area contributed by atoms with Gasteiger partial charge in [0.25, 0.3) is 0 Å². The molecule has 0 saturated carbocycles. The van der Waals surface area contributed by atoms with Gasteiger partial charge in [-0.25, -0.2) is 14.5 Å². The van der Waals surface area contributed by atoms with Crippen LogP contribution in [0, 0.1) is 0 Å². The maximum absolute atomic E-state index is 11.7. The van der Waals surface area contributed by atoms with Crippen molar-refractivity contribution in [1.29, 1.82) is 0 Å². The minimum absolute atomic E-state index is 0.0728. The number of amides is 1. The first kappa shape index (κ1) is 12.7. The van der Waals surface area contributed by atoms with Crippen LogP contribution in [0.15, 0.2) is 43.0 Å². The first-order chi connectivity index (χ1) is 9.16. The van der Waals surface area contributed by atoms with Crippen LogP contribution < -0.4 is 5.32 Å². The Labute approximate surface area is 108 Å². The molecule has 2 aromatic rings. The summed E-state index contributed by atoms with van der Waals surface area (Å²) in [7, 11) is 0. The molecule has 1 amide bonds. The predicted molar refractivity (Wildman–Crippen MR) is 65.0 cm³/mol. The van der Waals surface area contributed by atoms with Crippen LogP contribution in [-0.2, 0) is 16.1 Å². The number of nitrogens with one attached hydrogen (secondary N) is 1. The van der Waals surface area contributed by atoms with E-state index in [2.05, 4.69) is 15.4 Å². The largest absolute Gasteiger partial charge is 0.479 e. The molecule has 7 heteroatoms. The molecule has 2 rings (SSSR count). The van der Waals surface area contributed by atoms with Gasteiger partial charge in [0.05, 0.1) is 0 Å². The van der Waals surface area contributed by atoms with Crippen molar-refractivity contribution >= 4 is 11.9 Å². The van der Waals surface area contributed by atoms with Crippen LogP contribution in [0.5, 0.6) is 0 Å². The lowest BCUT2D eigenvalue weighted by Gasteiger charge is -2.14. The van der Waals surface area contributed by atoms with Crippen molar-refractivity contribution in [3.63, 3.8) is 0 Å². The molecule has 98 valence electrons. The predicted octanol–water partition coefficient (Wildman–Crippen LogP) is 0.220. The molecule has 1 heterocycles. The molecule has 0 aliphatic carbocycles. The van der Waals surface area contributed by atoms with E-state index in [1.807, 2.05) is 0 Å². The van der Waals surface area contributed by atoms with Crippen LogP contribution in [0.3, 0.4) is 0 Å². The van der Waals surface area contributed by atoms with Gasteiger partial charge < -0.3 is 10.4 Å². The number of hydrogen-bond donors (Lipinski definition) is 2. The summed E-state index contributed by atoms with van der Waals surface area (Å²) in [6.07, 6.45) is 2.69. The molecule has 0 unspecified atom stereocenters. The second-order valence-electron chi connectivity index (χ2n) is 3.84. The van der Waals surface area contributed by atoms with Gasteiger partial charge in [-0.3, -0.25) is 4.79 Å². The quantitative estimate of drug-likeness (QED) is 0.801. The number of rotatable bonds is 5. The van der Waals surface area contributed by atoms with Crippen LogP contribution in [0.25, 0.3) is 0 Å². The van der Waals surface area contributed by atoms with Crippen LogP contribution in [0.1, 0.15) is 11.6 Å². The van der Waals surface area contributed by atoms with Crippen molar-refractivity contribution in [2.45, 2.75) is 12.6 Å². The van der Waals surface area contributed by atoms with E-state index in [-0.39, 0.29) is 6.54 Å². The molecule has 0 spiro atoms. The van der Waals surface area contributed by atoms with E-state index in [1.165, 1.54) is 17.3 Å². The van der Waals surface area contributed by atoms with Gasteiger partial charge in [0.1, 0.15) is 19.2 Å². The van der Waals surface area contributed by atoms with Gasteiger partial charge in [-0.2, -0.15) is 5.10 Å². The molecule has 0 bridgehead atoms. The van der Waals surface area contributed by atoms with E-state index >= 15 is 0 Å². The number of benzene rings is 1. The summed E-state index contributed by atoms with van der Waals surface area (Å²) < 4.78 is 1.32. The third kappa shape index (κ3) is 3.38. The van der Waals surface area contributed by atoms with Gasteiger partial charge >= 0.3 is 5.97 Å². The molecule has 19 heavy (non-hydrogen) atoms. The van der Waals surface area contributed by atoms with Gasteiger partial charge in [-0.15, -0.1) is 0 Å². The second kappa shape index (κ2) is 5.76. The highest BCUT2D eigenvalue weighted by Gasteiger charge is 2.21. The molecule has 0 aliphatic rings. The first-order valence-corrected chi connectivity index (χ1v) is 5.56. The molecule has 1 aromatic carbocycles. The molecule has 1 atom stereocenters. The molecule has 0 fully saturated rings. The Bertz CT molecular complexity index is 554. The van der Waals surface area contributed by atoms with Gasteiger partial charge in [-0.05, 0) is 5.56 Å². The van der Waals surface area contributed by atoms with Gasteiger partial charge in [-0.1, -0.05) is 30.3 Å². The van der Waals surface area contributed by atoms with Crippen molar-refractivity contribution in [1.82, 2.24) is 20.1 Å². The topological polar surface area (TPSA) is 97.1 Å². The Morgan fingerprint density at radius 1 is 1.32 bits per heavy atom. The average molecular weight is 260 g/mol. The highest BCUT2D eigenvalue weighted by Crippen LogP contribution is 2.12. The molecule has 0 radical (unpaired) electrons. The minimum Gasteiger partial charge on any atom is -0.479 e. The monoisotopic (exact) mass is 260 g/mol. The third-order valence-electron chi connectivity index (χ3n) is 2.46. The standard InChI is InChI=1S/C12H12N4O3/c17-10(6-16-8-13-7-14-16)15-11(12(18)19)9-4-2-1-3-5-9/h1-5,7-8,11H,6H2,(H,15,17)(H,18,19)/t11-/m1/s1. The lowest BCUT2D eigenvalue weighted by molar-refractivity contribution is -0.142. The number of nitrogens with zero attached hydrogens (tertiary/aromatic N) is 3. The average Bonchev–Trinajstić information content (AvgIpc) is 2.89. The summed E-state index contributed by atoms with van der Waals surface area (Å²) >= 11 is 0. The first-order valence-electron chi connectivity index (χ1n) is 5.56. The van der Waals surface area contributed by atoms with Crippen molar-refractivity contribution < 1.29 is 14.7 Å². The van der Waals surface area contributed by atoms with Crippen LogP contribution in [-0.4, -0.2) is 31.7 Å². The van der Waals surface area contributed by atoms with Crippen LogP contribution >= 0.6 is 0 Å². The SMILES string of the molecule is O=C(Cn1cncn1)N[C@@H](C(=O)O)c1ccccc1. The summed E-state index contributed by atoms with van der Waals surface area (Å²) in [6, 6.07) is 7.43. The van der Waals surface area contributed by atoms with Gasteiger partial charge in [0, 0.05) is 0 Å². The second-order valence-corrected chi connectivity index (χ2v) is 3.84. The normalized spacial score (nSPS) is 11.8. The smallest absolute Gasteiger partial charge is 0.330 e. The maximum atomic E-state index is 11.7. The highest BCUT2D eigenvalue weighted by molar-refractivity contribution is 5.84. The Morgan fingerprint density at radius 2 is 2.05 bits per heavy atom. The molecular formula is C12H12N4O3. The van der Waals surface area contributed by atoms with Gasteiger partial charge in [0.15, 0.2) is 6.04 Å². The van der Waals surface area contributed by atoms with Crippen LogP contribution in [0.2, 0.25) is 0 Å². The molecular weight excluding hydrogens is 248 g/mol. The van der Waals surface area contributed by atoms with E-state index in [0.717, 1.165) is 0 Å². The Balaban J connectivity index is 2.05.